The molecule has 2 unspecified atom stereocenters. The smallest absolute Gasteiger partial charge is 0.410 e. The van der Waals surface area contributed by atoms with E-state index in [1.807, 2.05) is 25.1 Å². The number of likely N-dealkylation sites (tertiary alicyclic amines) is 1. The average Bonchev–Trinajstić information content (AvgIpc) is 3.43. The van der Waals surface area contributed by atoms with Gasteiger partial charge in [0.05, 0.1) is 12.5 Å². The van der Waals surface area contributed by atoms with Crippen LogP contribution in [-0.2, 0) is 23.8 Å². The maximum Gasteiger partial charge on any atom is 0.410 e. The summed E-state index contributed by atoms with van der Waals surface area (Å²) in [5, 5.41) is 2.53. The van der Waals surface area contributed by atoms with E-state index in [2.05, 4.69) is 10.1 Å². The number of Topliss-reactive ketones (excluding diaryl/α,β-unsaturated/α-hetero) is 1. The Bertz CT molecular complexity index is 1110. The molecule has 1 heterocycles. The van der Waals surface area contributed by atoms with Crippen molar-refractivity contribution in [3.63, 3.8) is 0 Å². The number of ketones is 1. The van der Waals surface area contributed by atoms with E-state index in [9.17, 15) is 19.2 Å². The van der Waals surface area contributed by atoms with Gasteiger partial charge in [-0.25, -0.2) is 9.59 Å². The van der Waals surface area contributed by atoms with Gasteiger partial charge in [0.15, 0.2) is 11.8 Å². The van der Waals surface area contributed by atoms with E-state index >= 15 is 0 Å². The van der Waals surface area contributed by atoms with E-state index in [0.29, 0.717) is 24.5 Å². The molecule has 2 aromatic rings. The minimum atomic E-state index is -1.51. The molecule has 1 aliphatic heterocycles. The predicted molar refractivity (Wildman–Crippen MR) is 149 cm³/mol. The number of ether oxygens (including phenoxy) is 4. The van der Waals surface area contributed by atoms with Gasteiger partial charge in [-0.1, -0.05) is 18.2 Å². The van der Waals surface area contributed by atoms with Gasteiger partial charge in [0.1, 0.15) is 17.1 Å². The third kappa shape index (κ3) is 10.3. The Morgan fingerprint density at radius 1 is 0.950 bits per heavy atom. The molecule has 0 aromatic heterocycles. The zero-order valence-electron chi connectivity index (χ0n) is 24.1. The minimum absolute atomic E-state index is 0.0538. The first kappa shape index (κ1) is 32.3. The molecule has 0 spiro atoms. The molecule has 218 valence electrons. The summed E-state index contributed by atoms with van der Waals surface area (Å²) in [5.74, 6) is -1.37. The molecule has 3 rings (SSSR count). The fourth-order valence-corrected chi connectivity index (χ4v) is 3.66. The molecule has 40 heavy (non-hydrogen) atoms. The quantitative estimate of drug-likeness (QED) is 0.270. The first-order valence-electron chi connectivity index (χ1n) is 13.3. The molecule has 0 bridgehead atoms. The molecule has 0 aliphatic carbocycles. The summed E-state index contributed by atoms with van der Waals surface area (Å²) >= 11 is 0. The van der Waals surface area contributed by atoms with Crippen LogP contribution in [0.3, 0.4) is 0 Å². The number of amides is 2. The highest BCUT2D eigenvalue weighted by Gasteiger charge is 2.37. The molecular formula is C30H40N2O8. The monoisotopic (exact) mass is 556 g/mol. The number of carbonyl (C=O) groups excluding carboxylic acids is 4. The number of nitrogens with one attached hydrogen (secondary N) is 1. The molecule has 2 amide bonds. The van der Waals surface area contributed by atoms with Crippen molar-refractivity contribution in [2.45, 2.75) is 52.7 Å². The van der Waals surface area contributed by atoms with Crippen molar-refractivity contribution in [1.82, 2.24) is 10.2 Å². The van der Waals surface area contributed by atoms with E-state index in [4.69, 9.17) is 14.2 Å². The largest absolute Gasteiger partial charge is 0.464 e. The van der Waals surface area contributed by atoms with E-state index < -0.39 is 41.3 Å². The van der Waals surface area contributed by atoms with E-state index in [0.717, 1.165) is 6.61 Å². The molecule has 1 aliphatic rings. The summed E-state index contributed by atoms with van der Waals surface area (Å²) in [5.41, 5.74) is -0.434. The van der Waals surface area contributed by atoms with Crippen molar-refractivity contribution in [2.24, 2.45) is 5.92 Å². The Balaban J connectivity index is 0.00000131. The van der Waals surface area contributed by atoms with Crippen LogP contribution in [0.4, 0.5) is 4.79 Å². The van der Waals surface area contributed by atoms with Gasteiger partial charge in [0.25, 0.3) is 0 Å². The first-order valence-corrected chi connectivity index (χ1v) is 13.3. The van der Waals surface area contributed by atoms with Crippen LogP contribution in [0, 0.1) is 5.92 Å². The third-order valence-corrected chi connectivity index (χ3v) is 5.69. The van der Waals surface area contributed by atoms with Gasteiger partial charge in [-0.05, 0) is 77.4 Å². The molecule has 1 N–H and O–H groups in total. The maximum atomic E-state index is 13.2. The minimum Gasteiger partial charge on any atom is -0.464 e. The second-order valence-electron chi connectivity index (χ2n) is 9.99. The van der Waals surface area contributed by atoms with Gasteiger partial charge in [-0.2, -0.15) is 0 Å². The van der Waals surface area contributed by atoms with Crippen molar-refractivity contribution in [1.29, 1.82) is 0 Å². The molecule has 10 nitrogen and oxygen atoms in total. The Morgan fingerprint density at radius 2 is 1.55 bits per heavy atom. The van der Waals surface area contributed by atoms with Crippen LogP contribution in [0.1, 0.15) is 51.4 Å². The highest BCUT2D eigenvalue weighted by molar-refractivity contribution is 6.13. The number of esters is 1. The fraction of sp³-hybridized carbons (Fsp3) is 0.467. The Labute approximate surface area is 235 Å². The van der Waals surface area contributed by atoms with Crippen LogP contribution in [0.15, 0.2) is 54.6 Å². The number of carbonyl (C=O) groups is 4. The number of rotatable bonds is 9. The third-order valence-electron chi connectivity index (χ3n) is 5.69. The van der Waals surface area contributed by atoms with E-state index in [1.54, 1.807) is 59.1 Å². The molecule has 10 heteroatoms. The highest BCUT2D eigenvalue weighted by atomic mass is 16.6. The van der Waals surface area contributed by atoms with Crippen molar-refractivity contribution >= 4 is 23.8 Å². The number of methoxy groups -OCH3 is 1. The Morgan fingerprint density at radius 3 is 2.10 bits per heavy atom. The number of nitrogens with zero attached hydrogens (tertiary/aromatic N) is 1. The lowest BCUT2D eigenvalue weighted by Crippen LogP contribution is -2.49. The second kappa shape index (κ2) is 15.6. The van der Waals surface area contributed by atoms with Crippen LogP contribution < -0.4 is 10.1 Å². The lowest BCUT2D eigenvalue weighted by molar-refractivity contribution is -0.146. The van der Waals surface area contributed by atoms with Crippen molar-refractivity contribution < 1.29 is 38.1 Å². The Kier molecular flexibility index (Phi) is 12.6. The summed E-state index contributed by atoms with van der Waals surface area (Å²) in [6.07, 6.45) is -0.117. The standard InChI is InChI=1S/C27H32N2O7.C3H8O/c1-5-34-25(32)22(28-24(31)19-15-16-29(17-19)26(33)36-27(2,3)4)23(30)18-11-13-21(14-12-18)35-20-9-7-6-8-10-20;1-3-4-2/h6-14,19,22H,5,15-17H2,1-4H3,(H,28,31);3H2,1-2H3. The molecule has 2 aromatic carbocycles. The van der Waals surface area contributed by atoms with Crippen LogP contribution in [0.2, 0.25) is 0 Å². The van der Waals surface area contributed by atoms with Gasteiger partial charge in [0.2, 0.25) is 5.91 Å². The zero-order chi connectivity index (χ0) is 29.7. The predicted octanol–water partition coefficient (Wildman–Crippen LogP) is 4.62. The number of benzene rings is 2. The van der Waals surface area contributed by atoms with Crippen LogP contribution in [0.25, 0.3) is 0 Å². The lowest BCUT2D eigenvalue weighted by atomic mass is 10.0. The Hall–Kier alpha value is -3.92. The number of para-hydroxylation sites is 1. The van der Waals surface area contributed by atoms with Crippen LogP contribution in [0.5, 0.6) is 11.5 Å². The number of hydrogen-bond donors (Lipinski definition) is 1. The lowest BCUT2D eigenvalue weighted by Gasteiger charge is -2.24. The normalized spacial score (nSPS) is 15.2. The van der Waals surface area contributed by atoms with Crippen molar-refractivity contribution in [3.05, 3.63) is 60.2 Å². The molecule has 0 saturated carbocycles. The summed E-state index contributed by atoms with van der Waals surface area (Å²) < 4.78 is 20.7. The first-order chi connectivity index (χ1) is 19.0. The zero-order valence-corrected chi connectivity index (χ0v) is 24.1. The van der Waals surface area contributed by atoms with Gasteiger partial charge >= 0.3 is 12.1 Å². The SMILES string of the molecule is CCOC.CCOC(=O)C(NC(=O)C1CCN(C(=O)OC(C)(C)C)C1)C(=O)c1ccc(Oc2ccccc2)cc1. The van der Waals surface area contributed by atoms with Crippen molar-refractivity contribution in [3.8, 4) is 11.5 Å². The number of hydrogen-bond acceptors (Lipinski definition) is 8. The van der Waals surface area contributed by atoms with Gasteiger partial charge in [0, 0.05) is 32.4 Å². The molecule has 0 radical (unpaired) electrons. The van der Waals surface area contributed by atoms with Crippen LogP contribution in [-0.4, -0.2) is 73.7 Å². The van der Waals surface area contributed by atoms with Gasteiger partial charge in [-0.15, -0.1) is 0 Å². The van der Waals surface area contributed by atoms with Crippen molar-refractivity contribution in [2.75, 3.05) is 33.4 Å². The summed E-state index contributed by atoms with van der Waals surface area (Å²) in [6, 6.07) is 13.9. The average molecular weight is 557 g/mol. The molecule has 1 saturated heterocycles. The topological polar surface area (TPSA) is 120 Å². The summed E-state index contributed by atoms with van der Waals surface area (Å²) in [4.78, 5) is 52.5. The highest BCUT2D eigenvalue weighted by Crippen LogP contribution is 2.23. The molecular weight excluding hydrogens is 516 g/mol. The van der Waals surface area contributed by atoms with Gasteiger partial charge in [-0.3, -0.25) is 9.59 Å². The van der Waals surface area contributed by atoms with E-state index in [1.165, 1.54) is 17.0 Å². The second-order valence-corrected chi connectivity index (χ2v) is 9.99. The van der Waals surface area contributed by atoms with Gasteiger partial charge < -0.3 is 29.2 Å². The molecule has 2 atom stereocenters. The molecule has 1 fully saturated rings. The summed E-state index contributed by atoms with van der Waals surface area (Å²) in [6.45, 7) is 10.2. The maximum absolute atomic E-state index is 13.2. The summed E-state index contributed by atoms with van der Waals surface area (Å²) in [7, 11) is 1.68. The van der Waals surface area contributed by atoms with Crippen LogP contribution >= 0.6 is 0 Å². The van der Waals surface area contributed by atoms with E-state index in [-0.39, 0.29) is 18.7 Å². The fourth-order valence-electron chi connectivity index (χ4n) is 3.66.